The fraction of sp³-hybridized carbons (Fsp3) is 0.682. The molecule has 1 heterocycles. The van der Waals surface area contributed by atoms with Crippen LogP contribution in [-0.2, 0) is 16.1 Å². The van der Waals surface area contributed by atoms with E-state index < -0.39 is 0 Å². The molecule has 0 spiro atoms. The lowest BCUT2D eigenvalue weighted by atomic mass is 9.80. The summed E-state index contributed by atoms with van der Waals surface area (Å²) in [6, 6.07) is 11.0. The second-order valence-electron chi connectivity index (χ2n) is 8.81. The topological polar surface area (TPSA) is 32.8 Å². The number of rotatable bonds is 6. The van der Waals surface area contributed by atoms with Gasteiger partial charge in [-0.3, -0.25) is 9.69 Å². The first-order valence-corrected chi connectivity index (χ1v) is 10.1. The minimum absolute atomic E-state index is 0.119. The van der Waals surface area contributed by atoms with Crippen LogP contribution in [0.1, 0.15) is 52.5 Å². The Bertz CT molecular complexity index is 590. The number of likely N-dealkylation sites (N-methyl/N-ethyl adjacent to an activating group) is 1. The van der Waals surface area contributed by atoms with Gasteiger partial charge in [0.1, 0.15) is 0 Å². The summed E-state index contributed by atoms with van der Waals surface area (Å²) in [7, 11) is 0. The van der Waals surface area contributed by atoms with Gasteiger partial charge in [0.2, 0.25) is 5.91 Å². The Morgan fingerprint density at radius 1 is 1.23 bits per heavy atom. The number of ether oxygens (including phenoxy) is 1. The van der Waals surface area contributed by atoms with Gasteiger partial charge < -0.3 is 9.64 Å². The molecule has 4 heteroatoms. The highest BCUT2D eigenvalue weighted by atomic mass is 16.5. The monoisotopic (exact) mass is 358 g/mol. The summed E-state index contributed by atoms with van der Waals surface area (Å²) in [5.74, 6) is 0.498. The molecular formula is C22H34N2O2. The van der Waals surface area contributed by atoms with E-state index in [0.717, 1.165) is 45.4 Å². The van der Waals surface area contributed by atoms with Crippen LogP contribution in [0.15, 0.2) is 30.3 Å². The zero-order valence-corrected chi connectivity index (χ0v) is 16.8. The van der Waals surface area contributed by atoms with E-state index >= 15 is 0 Å². The SMILES string of the molecule is CCN(C(=O)C1CC(OC(C)(C)C)C1)C1CCN(Cc2ccccc2)C1. The maximum Gasteiger partial charge on any atom is 0.226 e. The number of nitrogens with zero attached hydrogens (tertiary/aromatic N) is 2. The number of likely N-dealkylation sites (tertiary alicyclic amines) is 1. The van der Waals surface area contributed by atoms with E-state index in [0.29, 0.717) is 11.9 Å². The second kappa shape index (κ2) is 8.10. The molecule has 3 rings (SSSR count). The summed E-state index contributed by atoms with van der Waals surface area (Å²) < 4.78 is 6.00. The van der Waals surface area contributed by atoms with Gasteiger partial charge in [-0.2, -0.15) is 0 Å². The van der Waals surface area contributed by atoms with Gasteiger partial charge in [0, 0.05) is 38.1 Å². The molecule has 0 N–H and O–H groups in total. The van der Waals surface area contributed by atoms with Gasteiger partial charge in [-0.1, -0.05) is 30.3 Å². The second-order valence-corrected chi connectivity index (χ2v) is 8.81. The lowest BCUT2D eigenvalue weighted by molar-refractivity contribution is -0.155. The lowest BCUT2D eigenvalue weighted by Gasteiger charge is -2.41. The summed E-state index contributed by atoms with van der Waals surface area (Å²) in [6.45, 7) is 12.2. The molecule has 1 aromatic carbocycles. The molecule has 26 heavy (non-hydrogen) atoms. The number of carbonyl (C=O) groups excluding carboxylic acids is 1. The average molecular weight is 359 g/mol. The number of hydrogen-bond acceptors (Lipinski definition) is 3. The fourth-order valence-corrected chi connectivity index (χ4v) is 4.24. The van der Waals surface area contributed by atoms with Crippen molar-refractivity contribution in [3.05, 3.63) is 35.9 Å². The van der Waals surface area contributed by atoms with Crippen LogP contribution in [0.3, 0.4) is 0 Å². The third kappa shape index (κ3) is 4.86. The minimum atomic E-state index is -0.119. The van der Waals surface area contributed by atoms with Crippen LogP contribution in [0.5, 0.6) is 0 Å². The normalized spacial score (nSPS) is 26.5. The molecule has 144 valence electrons. The van der Waals surface area contributed by atoms with E-state index in [9.17, 15) is 4.79 Å². The van der Waals surface area contributed by atoms with Crippen molar-refractivity contribution < 1.29 is 9.53 Å². The first-order chi connectivity index (χ1) is 12.4. The third-order valence-electron chi connectivity index (χ3n) is 5.53. The van der Waals surface area contributed by atoms with Gasteiger partial charge in [0.15, 0.2) is 0 Å². The Morgan fingerprint density at radius 3 is 2.54 bits per heavy atom. The number of hydrogen-bond donors (Lipinski definition) is 0. The highest BCUT2D eigenvalue weighted by Crippen LogP contribution is 2.35. The largest absolute Gasteiger partial charge is 0.373 e. The molecular weight excluding hydrogens is 324 g/mol. The summed E-state index contributed by atoms with van der Waals surface area (Å²) in [4.78, 5) is 17.6. The molecule has 4 nitrogen and oxygen atoms in total. The maximum atomic E-state index is 13.0. The molecule has 2 fully saturated rings. The first kappa shape index (κ1) is 19.4. The molecule has 1 unspecified atom stereocenters. The van der Waals surface area contributed by atoms with Crippen molar-refractivity contribution in [2.24, 2.45) is 5.92 Å². The number of carbonyl (C=O) groups is 1. The smallest absolute Gasteiger partial charge is 0.226 e. The van der Waals surface area contributed by atoms with Gasteiger partial charge in [-0.25, -0.2) is 0 Å². The van der Waals surface area contributed by atoms with E-state index in [1.54, 1.807) is 0 Å². The zero-order valence-electron chi connectivity index (χ0n) is 16.8. The van der Waals surface area contributed by atoms with Crippen molar-refractivity contribution in [2.75, 3.05) is 19.6 Å². The number of benzene rings is 1. The van der Waals surface area contributed by atoms with E-state index in [4.69, 9.17) is 4.74 Å². The van der Waals surface area contributed by atoms with Crippen LogP contribution in [0.2, 0.25) is 0 Å². The first-order valence-electron chi connectivity index (χ1n) is 10.1. The molecule has 1 aliphatic carbocycles. The predicted molar refractivity (Wildman–Crippen MR) is 105 cm³/mol. The van der Waals surface area contributed by atoms with E-state index in [-0.39, 0.29) is 17.6 Å². The van der Waals surface area contributed by atoms with Crippen molar-refractivity contribution in [3.63, 3.8) is 0 Å². The van der Waals surface area contributed by atoms with E-state index in [1.807, 2.05) is 0 Å². The maximum absolute atomic E-state index is 13.0. The van der Waals surface area contributed by atoms with Crippen molar-refractivity contribution in [1.82, 2.24) is 9.80 Å². The van der Waals surface area contributed by atoms with E-state index in [2.05, 4.69) is 67.8 Å². The van der Waals surface area contributed by atoms with Gasteiger partial charge in [-0.15, -0.1) is 0 Å². The van der Waals surface area contributed by atoms with Gasteiger partial charge in [-0.05, 0) is 52.5 Å². The summed E-state index contributed by atoms with van der Waals surface area (Å²) in [5, 5.41) is 0. The van der Waals surface area contributed by atoms with Crippen LogP contribution >= 0.6 is 0 Å². The molecule has 1 saturated carbocycles. The fourth-order valence-electron chi connectivity index (χ4n) is 4.24. The quantitative estimate of drug-likeness (QED) is 0.777. The Kier molecular flexibility index (Phi) is 6.03. The molecule has 1 amide bonds. The predicted octanol–water partition coefficient (Wildman–Crippen LogP) is 3.70. The summed E-state index contributed by atoms with van der Waals surface area (Å²) in [5.41, 5.74) is 1.23. The molecule has 0 aromatic heterocycles. The Hall–Kier alpha value is -1.39. The molecule has 1 aliphatic heterocycles. The Balaban J connectivity index is 1.49. The molecule has 1 saturated heterocycles. The summed E-state index contributed by atoms with van der Waals surface area (Å²) >= 11 is 0. The highest BCUT2D eigenvalue weighted by molar-refractivity contribution is 5.80. The van der Waals surface area contributed by atoms with Crippen LogP contribution < -0.4 is 0 Å². The summed E-state index contributed by atoms with van der Waals surface area (Å²) in [6.07, 6.45) is 3.10. The Morgan fingerprint density at radius 2 is 1.92 bits per heavy atom. The van der Waals surface area contributed by atoms with Crippen LogP contribution in [0, 0.1) is 5.92 Å². The molecule has 0 bridgehead atoms. The number of amides is 1. The van der Waals surface area contributed by atoms with Crippen LogP contribution in [-0.4, -0.2) is 53.1 Å². The molecule has 0 radical (unpaired) electrons. The zero-order chi connectivity index (χ0) is 18.7. The van der Waals surface area contributed by atoms with Gasteiger partial charge >= 0.3 is 0 Å². The van der Waals surface area contributed by atoms with Crippen LogP contribution in [0.25, 0.3) is 0 Å². The molecule has 2 aliphatic rings. The standard InChI is InChI=1S/C22H34N2O2/c1-5-24(21(25)18-13-20(14-18)26-22(2,3)4)19-11-12-23(16-19)15-17-9-7-6-8-10-17/h6-10,18-20H,5,11-16H2,1-4H3. The van der Waals surface area contributed by atoms with Crippen molar-refractivity contribution in [1.29, 1.82) is 0 Å². The van der Waals surface area contributed by atoms with Gasteiger partial charge in [0.25, 0.3) is 0 Å². The van der Waals surface area contributed by atoms with E-state index in [1.165, 1.54) is 5.56 Å². The third-order valence-corrected chi connectivity index (χ3v) is 5.53. The lowest BCUT2D eigenvalue weighted by Crippen LogP contribution is -2.50. The minimum Gasteiger partial charge on any atom is -0.373 e. The van der Waals surface area contributed by atoms with Crippen LogP contribution in [0.4, 0.5) is 0 Å². The van der Waals surface area contributed by atoms with Crippen molar-refractivity contribution in [2.45, 2.75) is 71.2 Å². The van der Waals surface area contributed by atoms with Crippen molar-refractivity contribution in [3.8, 4) is 0 Å². The van der Waals surface area contributed by atoms with Gasteiger partial charge in [0.05, 0.1) is 11.7 Å². The Labute approximate surface area is 158 Å². The van der Waals surface area contributed by atoms with Crippen molar-refractivity contribution >= 4 is 5.91 Å². The highest BCUT2D eigenvalue weighted by Gasteiger charge is 2.41. The average Bonchev–Trinajstić information content (AvgIpc) is 2.99. The molecule has 1 atom stereocenters. The molecule has 1 aromatic rings.